The minimum Gasteiger partial charge on any atom is -0.457 e. The van der Waals surface area contributed by atoms with Gasteiger partial charge in [0.15, 0.2) is 5.78 Å². The SMILES string of the molecule is C=C(C)N=C/C(=C\C)C(=O)NCc1ccc(C(=C)Oc2ccc(C(C)=O)cc2C)cc1. The first-order valence-corrected chi connectivity index (χ1v) is 9.93. The van der Waals surface area contributed by atoms with Crippen LogP contribution in [0.1, 0.15) is 47.8 Å². The molecule has 0 saturated heterocycles. The molecule has 0 aliphatic carbocycles. The zero-order valence-corrected chi connectivity index (χ0v) is 18.5. The Hall–Kier alpha value is -3.73. The van der Waals surface area contributed by atoms with Crippen molar-refractivity contribution in [2.24, 2.45) is 4.99 Å². The standard InChI is InChI=1S/C26H28N2O3/c1-7-22(16-27-17(2)3)26(30)28-15-21-8-10-23(11-9-21)20(6)31-25-13-12-24(19(5)29)14-18(25)4/h7-14,16H,2,6,15H2,1,3-5H3,(H,28,30)/b22-7+,27-16?. The molecule has 0 bridgehead atoms. The third kappa shape index (κ3) is 6.93. The van der Waals surface area contributed by atoms with Crippen molar-refractivity contribution in [3.63, 3.8) is 0 Å². The Kier molecular flexibility index (Phi) is 8.26. The predicted molar refractivity (Wildman–Crippen MR) is 126 cm³/mol. The molecule has 0 spiro atoms. The van der Waals surface area contributed by atoms with Crippen LogP contribution in [-0.4, -0.2) is 17.9 Å². The molecule has 2 aromatic carbocycles. The highest BCUT2D eigenvalue weighted by Crippen LogP contribution is 2.25. The Morgan fingerprint density at radius 3 is 2.26 bits per heavy atom. The number of hydrogen-bond donors (Lipinski definition) is 1. The zero-order valence-electron chi connectivity index (χ0n) is 18.5. The smallest absolute Gasteiger partial charge is 0.252 e. The van der Waals surface area contributed by atoms with E-state index in [1.54, 1.807) is 38.1 Å². The van der Waals surface area contributed by atoms with Gasteiger partial charge in [-0.15, -0.1) is 0 Å². The molecule has 1 amide bonds. The van der Waals surface area contributed by atoms with E-state index in [1.165, 1.54) is 13.1 Å². The fourth-order valence-corrected chi connectivity index (χ4v) is 2.71. The Labute approximate surface area is 183 Å². The number of amides is 1. The Morgan fingerprint density at radius 2 is 1.71 bits per heavy atom. The van der Waals surface area contributed by atoms with Gasteiger partial charge in [0.1, 0.15) is 11.5 Å². The molecule has 0 saturated carbocycles. The van der Waals surface area contributed by atoms with Crippen LogP contribution in [0.3, 0.4) is 0 Å². The number of nitrogens with one attached hydrogen (secondary N) is 1. The van der Waals surface area contributed by atoms with E-state index in [9.17, 15) is 9.59 Å². The van der Waals surface area contributed by atoms with Gasteiger partial charge in [0.2, 0.25) is 0 Å². The summed E-state index contributed by atoms with van der Waals surface area (Å²) >= 11 is 0. The van der Waals surface area contributed by atoms with Crippen molar-refractivity contribution in [1.82, 2.24) is 5.32 Å². The lowest BCUT2D eigenvalue weighted by Gasteiger charge is -2.13. The fraction of sp³-hybridized carbons (Fsp3) is 0.192. The number of aliphatic imine (C=N–C) groups is 1. The summed E-state index contributed by atoms with van der Waals surface area (Å²) in [7, 11) is 0. The number of ketones is 1. The average molecular weight is 417 g/mol. The lowest BCUT2D eigenvalue weighted by atomic mass is 10.1. The molecule has 1 N–H and O–H groups in total. The van der Waals surface area contributed by atoms with Gasteiger partial charge >= 0.3 is 0 Å². The van der Waals surface area contributed by atoms with Gasteiger partial charge in [-0.3, -0.25) is 14.6 Å². The van der Waals surface area contributed by atoms with Crippen LogP contribution in [0.5, 0.6) is 5.75 Å². The molecule has 0 aliphatic heterocycles. The fourth-order valence-electron chi connectivity index (χ4n) is 2.71. The maximum Gasteiger partial charge on any atom is 0.252 e. The van der Waals surface area contributed by atoms with Gasteiger partial charge in [-0.2, -0.15) is 0 Å². The molecule has 5 nitrogen and oxygen atoms in total. The van der Waals surface area contributed by atoms with Crippen molar-refractivity contribution < 1.29 is 14.3 Å². The summed E-state index contributed by atoms with van der Waals surface area (Å²) in [5, 5.41) is 2.87. The van der Waals surface area contributed by atoms with E-state index >= 15 is 0 Å². The van der Waals surface area contributed by atoms with Crippen LogP contribution < -0.4 is 10.1 Å². The van der Waals surface area contributed by atoms with E-state index in [4.69, 9.17) is 4.74 Å². The number of carbonyl (C=O) groups is 2. The summed E-state index contributed by atoms with van der Waals surface area (Å²) < 4.78 is 5.89. The third-order valence-corrected chi connectivity index (χ3v) is 4.54. The Bertz CT molecular complexity index is 1060. The molecule has 5 heteroatoms. The monoisotopic (exact) mass is 416 g/mol. The molecule has 31 heavy (non-hydrogen) atoms. The van der Waals surface area contributed by atoms with E-state index in [0.29, 0.717) is 34.9 Å². The van der Waals surface area contributed by atoms with E-state index in [1.807, 2.05) is 31.2 Å². The maximum absolute atomic E-state index is 12.3. The molecular weight excluding hydrogens is 388 g/mol. The summed E-state index contributed by atoms with van der Waals surface area (Å²) in [5.74, 6) is 0.970. The molecular formula is C26H28N2O3. The molecule has 0 radical (unpaired) electrons. The van der Waals surface area contributed by atoms with Crippen LogP contribution in [0.25, 0.3) is 5.76 Å². The molecule has 0 aliphatic rings. The number of benzene rings is 2. The van der Waals surface area contributed by atoms with Crippen LogP contribution in [0.4, 0.5) is 0 Å². The van der Waals surface area contributed by atoms with Crippen LogP contribution in [-0.2, 0) is 11.3 Å². The summed E-state index contributed by atoms with van der Waals surface area (Å²) in [6.07, 6.45) is 3.21. The highest BCUT2D eigenvalue weighted by molar-refractivity contribution is 6.12. The van der Waals surface area contributed by atoms with Crippen molar-refractivity contribution in [1.29, 1.82) is 0 Å². The van der Waals surface area contributed by atoms with E-state index < -0.39 is 0 Å². The number of ether oxygens (including phenoxy) is 1. The van der Waals surface area contributed by atoms with E-state index in [0.717, 1.165) is 16.7 Å². The molecule has 0 atom stereocenters. The van der Waals surface area contributed by atoms with Crippen molar-refractivity contribution in [3.05, 3.63) is 95.2 Å². The average Bonchev–Trinajstić information content (AvgIpc) is 2.74. The number of rotatable bonds is 9. The summed E-state index contributed by atoms with van der Waals surface area (Å²) in [5.41, 5.74) is 4.40. The van der Waals surface area contributed by atoms with Crippen LogP contribution in [0, 0.1) is 6.92 Å². The molecule has 0 aromatic heterocycles. The number of nitrogens with zero attached hydrogens (tertiary/aromatic N) is 1. The minimum absolute atomic E-state index is 0.0146. The van der Waals surface area contributed by atoms with Crippen molar-refractivity contribution in [2.45, 2.75) is 34.2 Å². The van der Waals surface area contributed by atoms with Crippen molar-refractivity contribution in [3.8, 4) is 5.75 Å². The molecule has 2 rings (SSSR count). The lowest BCUT2D eigenvalue weighted by Crippen LogP contribution is -2.25. The summed E-state index contributed by atoms with van der Waals surface area (Å²) in [4.78, 5) is 27.8. The molecule has 0 fully saturated rings. The molecule has 0 heterocycles. The van der Waals surface area contributed by atoms with Gasteiger partial charge in [-0.05, 0) is 57.0 Å². The zero-order chi connectivity index (χ0) is 23.0. The number of aryl methyl sites for hydroxylation is 1. The highest BCUT2D eigenvalue weighted by atomic mass is 16.5. The van der Waals surface area contributed by atoms with E-state index in [-0.39, 0.29) is 11.7 Å². The van der Waals surface area contributed by atoms with Crippen LogP contribution in [0.2, 0.25) is 0 Å². The van der Waals surface area contributed by atoms with Gasteiger partial charge in [0.05, 0.1) is 5.57 Å². The van der Waals surface area contributed by atoms with Crippen LogP contribution >= 0.6 is 0 Å². The maximum atomic E-state index is 12.3. The van der Waals surface area contributed by atoms with E-state index in [2.05, 4.69) is 23.5 Å². The molecule has 160 valence electrons. The van der Waals surface area contributed by atoms with Gasteiger partial charge < -0.3 is 10.1 Å². The van der Waals surface area contributed by atoms with Crippen molar-refractivity contribution >= 4 is 23.7 Å². The van der Waals surface area contributed by atoms with Crippen LogP contribution in [0.15, 0.2) is 78.0 Å². The van der Waals surface area contributed by atoms with Gasteiger partial charge in [0.25, 0.3) is 5.91 Å². The van der Waals surface area contributed by atoms with Gasteiger partial charge in [-0.25, -0.2) is 0 Å². The molecule has 2 aromatic rings. The highest BCUT2D eigenvalue weighted by Gasteiger charge is 2.09. The van der Waals surface area contributed by atoms with Gasteiger partial charge in [0, 0.05) is 29.6 Å². The first kappa shape index (κ1) is 23.5. The number of Topliss-reactive ketones (excluding diaryl/α,β-unsaturated/α-hetero) is 1. The third-order valence-electron chi connectivity index (χ3n) is 4.54. The predicted octanol–water partition coefficient (Wildman–Crippen LogP) is 5.41. The topological polar surface area (TPSA) is 67.8 Å². The largest absolute Gasteiger partial charge is 0.457 e. The van der Waals surface area contributed by atoms with Crippen molar-refractivity contribution in [2.75, 3.05) is 0 Å². The number of carbonyl (C=O) groups excluding carboxylic acids is 2. The number of hydrogen-bond acceptors (Lipinski definition) is 4. The second-order valence-electron chi connectivity index (χ2n) is 7.18. The minimum atomic E-state index is -0.200. The second kappa shape index (κ2) is 10.9. The Balaban J connectivity index is 1.98. The summed E-state index contributed by atoms with van der Waals surface area (Å²) in [6, 6.07) is 12.9. The number of allylic oxidation sites excluding steroid dienone is 2. The second-order valence-corrected chi connectivity index (χ2v) is 7.18. The first-order valence-electron chi connectivity index (χ1n) is 9.93. The lowest BCUT2D eigenvalue weighted by molar-refractivity contribution is -0.117. The van der Waals surface area contributed by atoms with Gasteiger partial charge in [-0.1, -0.05) is 43.5 Å². The quantitative estimate of drug-likeness (QED) is 0.257. The first-order chi connectivity index (χ1) is 14.7. The Morgan fingerprint density at radius 1 is 1.06 bits per heavy atom. The molecule has 0 unspecified atom stereocenters. The summed E-state index contributed by atoms with van der Waals surface area (Å²) in [6.45, 7) is 15.1. The normalized spacial score (nSPS) is 11.3.